The molecule has 1 amide bonds. The molecule has 3 unspecified atom stereocenters. The van der Waals surface area contributed by atoms with E-state index < -0.39 is 6.10 Å². The van der Waals surface area contributed by atoms with Crippen molar-refractivity contribution in [3.8, 4) is 0 Å². The average Bonchev–Trinajstić information content (AvgIpc) is 2.65. The lowest BCUT2D eigenvalue weighted by atomic mass is 9.96. The first-order valence-corrected chi connectivity index (χ1v) is 9.32. The Morgan fingerprint density at radius 2 is 1.63 bits per heavy atom. The number of hydrogen-bond donors (Lipinski definition) is 3. The zero-order chi connectivity index (χ0) is 20.8. The van der Waals surface area contributed by atoms with Gasteiger partial charge in [0.05, 0.1) is 12.7 Å². The fourth-order valence-electron chi connectivity index (χ4n) is 2.21. The first-order valence-electron chi connectivity index (χ1n) is 9.32. The minimum absolute atomic E-state index is 0.0579. The van der Waals surface area contributed by atoms with Gasteiger partial charge in [-0.05, 0) is 40.2 Å². The van der Waals surface area contributed by atoms with E-state index in [4.69, 9.17) is 5.11 Å². The van der Waals surface area contributed by atoms with Gasteiger partial charge in [0.2, 0.25) is 5.91 Å². The van der Waals surface area contributed by atoms with E-state index in [0.29, 0.717) is 5.57 Å². The van der Waals surface area contributed by atoms with Crippen LogP contribution in [0.25, 0.3) is 0 Å². The quantitative estimate of drug-likeness (QED) is 0.308. The fraction of sp³-hybridized carbons (Fsp3) is 0.435. The van der Waals surface area contributed by atoms with Crippen LogP contribution >= 0.6 is 0 Å². The van der Waals surface area contributed by atoms with Crippen LogP contribution in [0.1, 0.15) is 41.5 Å². The Hall–Kier alpha value is -2.17. The van der Waals surface area contributed by atoms with Crippen LogP contribution in [0.15, 0.2) is 71.4 Å². The topological polar surface area (TPSA) is 69.6 Å². The number of aliphatic hydroxyl groups excluding tert-OH is 2. The molecule has 0 aliphatic rings. The molecule has 3 atom stereocenters. The number of allylic oxidation sites excluding steroid dienone is 9. The van der Waals surface area contributed by atoms with Crippen LogP contribution < -0.4 is 5.32 Å². The van der Waals surface area contributed by atoms with Crippen LogP contribution in [-0.4, -0.2) is 34.9 Å². The monoisotopic (exact) mass is 373 g/mol. The van der Waals surface area contributed by atoms with E-state index >= 15 is 0 Å². The zero-order valence-electron chi connectivity index (χ0n) is 17.4. The number of aliphatic hydroxyl groups is 2. The normalized spacial score (nSPS) is 17.7. The van der Waals surface area contributed by atoms with E-state index in [2.05, 4.69) is 11.4 Å². The number of carbonyl (C=O) groups is 1. The van der Waals surface area contributed by atoms with Gasteiger partial charge in [-0.15, -0.1) is 0 Å². The van der Waals surface area contributed by atoms with E-state index in [1.807, 2.05) is 64.2 Å². The summed E-state index contributed by atoms with van der Waals surface area (Å²) in [5.41, 5.74) is 2.64. The molecule has 0 bridgehead atoms. The van der Waals surface area contributed by atoms with Gasteiger partial charge in [0, 0.05) is 17.5 Å². The molecule has 0 saturated heterocycles. The van der Waals surface area contributed by atoms with Crippen molar-refractivity contribution >= 4 is 5.91 Å². The lowest BCUT2D eigenvalue weighted by Gasteiger charge is -2.16. The van der Waals surface area contributed by atoms with Crippen LogP contribution in [0.2, 0.25) is 0 Å². The van der Waals surface area contributed by atoms with Crippen molar-refractivity contribution in [1.29, 1.82) is 0 Å². The molecule has 0 aromatic carbocycles. The summed E-state index contributed by atoms with van der Waals surface area (Å²) >= 11 is 0. The molecule has 0 rings (SSSR count). The maximum Gasteiger partial charge on any atom is 0.247 e. The highest BCUT2D eigenvalue weighted by Crippen LogP contribution is 2.15. The minimum Gasteiger partial charge on any atom is -0.394 e. The molecule has 0 spiro atoms. The van der Waals surface area contributed by atoms with Crippen molar-refractivity contribution in [3.63, 3.8) is 0 Å². The van der Waals surface area contributed by atoms with Crippen molar-refractivity contribution in [2.45, 2.75) is 53.7 Å². The van der Waals surface area contributed by atoms with Crippen molar-refractivity contribution in [1.82, 2.24) is 5.32 Å². The highest BCUT2D eigenvalue weighted by Gasteiger charge is 2.12. The summed E-state index contributed by atoms with van der Waals surface area (Å²) in [6.45, 7) is 11.3. The van der Waals surface area contributed by atoms with Crippen molar-refractivity contribution in [3.05, 3.63) is 71.4 Å². The van der Waals surface area contributed by atoms with Gasteiger partial charge in [-0.1, -0.05) is 67.2 Å². The summed E-state index contributed by atoms with van der Waals surface area (Å²) in [5.74, 6) is -0.127. The first kappa shape index (κ1) is 24.8. The molecule has 0 aromatic rings. The Balaban J connectivity index is 4.56. The highest BCUT2D eigenvalue weighted by molar-refractivity contribution is 5.93. The largest absolute Gasteiger partial charge is 0.394 e. The molecule has 27 heavy (non-hydrogen) atoms. The van der Waals surface area contributed by atoms with Crippen LogP contribution in [0.3, 0.4) is 0 Å². The number of carbonyl (C=O) groups excluding carboxylic acids is 1. The van der Waals surface area contributed by atoms with Gasteiger partial charge in [-0.3, -0.25) is 4.79 Å². The summed E-state index contributed by atoms with van der Waals surface area (Å²) in [5, 5.41) is 21.8. The van der Waals surface area contributed by atoms with Gasteiger partial charge >= 0.3 is 0 Å². The molecule has 0 fully saturated rings. The smallest absolute Gasteiger partial charge is 0.247 e. The summed E-state index contributed by atoms with van der Waals surface area (Å²) in [6.07, 6.45) is 16.6. The number of rotatable bonds is 10. The van der Waals surface area contributed by atoms with Crippen LogP contribution in [-0.2, 0) is 4.79 Å². The Kier molecular flexibility index (Phi) is 12.8. The van der Waals surface area contributed by atoms with Gasteiger partial charge in [-0.2, -0.15) is 0 Å². The van der Waals surface area contributed by atoms with Crippen molar-refractivity contribution in [2.24, 2.45) is 5.92 Å². The van der Waals surface area contributed by atoms with Crippen molar-refractivity contribution in [2.75, 3.05) is 6.61 Å². The Morgan fingerprint density at radius 3 is 2.22 bits per heavy atom. The van der Waals surface area contributed by atoms with E-state index in [0.717, 1.165) is 11.1 Å². The van der Waals surface area contributed by atoms with Gasteiger partial charge < -0.3 is 15.5 Å². The summed E-state index contributed by atoms with van der Waals surface area (Å²) < 4.78 is 0. The molecule has 4 heteroatoms. The van der Waals surface area contributed by atoms with Crippen LogP contribution in [0.4, 0.5) is 0 Å². The second-order valence-corrected chi connectivity index (χ2v) is 6.78. The maximum atomic E-state index is 11.8. The Labute approximate surface area is 164 Å². The van der Waals surface area contributed by atoms with E-state index in [1.165, 1.54) is 0 Å². The lowest BCUT2D eigenvalue weighted by Crippen LogP contribution is -2.35. The minimum atomic E-state index is -0.454. The molecular formula is C23H35NO3. The number of hydrogen-bond acceptors (Lipinski definition) is 3. The molecular weight excluding hydrogens is 338 g/mol. The van der Waals surface area contributed by atoms with E-state index in [1.54, 1.807) is 26.0 Å². The molecule has 0 saturated carbocycles. The molecule has 0 heterocycles. The van der Waals surface area contributed by atoms with Gasteiger partial charge in [-0.25, -0.2) is 0 Å². The second-order valence-electron chi connectivity index (χ2n) is 6.78. The molecule has 4 nitrogen and oxygen atoms in total. The standard InChI is InChI=1S/C23H35NO3/c1-7-18(3)22(26)20(5)15-17(2)13-11-9-8-10-12-14-19(4)23(27)24-21(6)16-25/h7-15,20-22,25-26H,16H2,1-6H3,(H,24,27)/b9-8+,12-10+,13-11+,17-15+,18-7+,19-14+. The maximum absolute atomic E-state index is 11.8. The lowest BCUT2D eigenvalue weighted by molar-refractivity contribution is -0.118. The third-order valence-electron chi connectivity index (χ3n) is 4.10. The summed E-state index contributed by atoms with van der Waals surface area (Å²) in [7, 11) is 0. The molecule has 3 N–H and O–H groups in total. The van der Waals surface area contributed by atoms with Crippen LogP contribution in [0, 0.1) is 5.92 Å². The molecule has 0 aromatic heterocycles. The Bertz CT molecular complexity index is 636. The van der Waals surface area contributed by atoms with Crippen LogP contribution in [0.5, 0.6) is 0 Å². The molecule has 150 valence electrons. The molecule has 0 radical (unpaired) electrons. The number of nitrogens with one attached hydrogen (secondary N) is 1. The average molecular weight is 374 g/mol. The second kappa shape index (κ2) is 14.0. The first-order chi connectivity index (χ1) is 12.7. The van der Waals surface area contributed by atoms with Crippen molar-refractivity contribution < 1.29 is 15.0 Å². The molecule has 0 aliphatic carbocycles. The predicted octanol–water partition coefficient (Wildman–Crippen LogP) is 4.01. The SMILES string of the molecule is C/C=C(\C)C(O)C(C)/C=C(C)/C=C/C=C/C=C/C=C(\C)C(=O)NC(C)CO. The third kappa shape index (κ3) is 11.2. The highest BCUT2D eigenvalue weighted by atomic mass is 16.3. The predicted molar refractivity (Wildman–Crippen MR) is 114 cm³/mol. The summed E-state index contributed by atoms with van der Waals surface area (Å²) in [4.78, 5) is 11.8. The zero-order valence-corrected chi connectivity index (χ0v) is 17.4. The van der Waals surface area contributed by atoms with Gasteiger partial charge in [0.15, 0.2) is 0 Å². The fourth-order valence-corrected chi connectivity index (χ4v) is 2.21. The van der Waals surface area contributed by atoms with E-state index in [9.17, 15) is 9.90 Å². The van der Waals surface area contributed by atoms with E-state index in [-0.39, 0.29) is 24.5 Å². The number of amides is 1. The van der Waals surface area contributed by atoms with Gasteiger partial charge in [0.1, 0.15) is 0 Å². The third-order valence-corrected chi connectivity index (χ3v) is 4.10. The Morgan fingerprint density at radius 1 is 1.04 bits per heavy atom. The van der Waals surface area contributed by atoms with Gasteiger partial charge in [0.25, 0.3) is 0 Å². The molecule has 0 aliphatic heterocycles. The summed E-state index contributed by atoms with van der Waals surface area (Å²) in [6, 6.07) is -0.253.